The van der Waals surface area contributed by atoms with E-state index in [0.29, 0.717) is 35.1 Å². The zero-order valence-corrected chi connectivity index (χ0v) is 22.7. The van der Waals surface area contributed by atoms with Crippen LogP contribution in [0.5, 0.6) is 17.2 Å². The van der Waals surface area contributed by atoms with Crippen molar-refractivity contribution in [3.63, 3.8) is 0 Å². The number of benzene rings is 2. The highest BCUT2D eigenvalue weighted by atomic mass is 32.1. The molecule has 0 unspecified atom stereocenters. The lowest BCUT2D eigenvalue weighted by molar-refractivity contribution is -0.133. The van der Waals surface area contributed by atoms with E-state index < -0.39 is 0 Å². The summed E-state index contributed by atoms with van der Waals surface area (Å²) in [4.78, 5) is 29.0. The highest BCUT2D eigenvalue weighted by Gasteiger charge is 2.35. The maximum absolute atomic E-state index is 13.7. The Kier molecular flexibility index (Phi) is 8.98. The summed E-state index contributed by atoms with van der Waals surface area (Å²) in [6.45, 7) is 0.454. The number of amides is 2. The number of hydrogen-bond donors (Lipinski definition) is 0. The number of hydrogen-bond acceptors (Lipinski definition) is 8. The molecule has 0 spiro atoms. The van der Waals surface area contributed by atoms with Crippen LogP contribution in [0.2, 0.25) is 0 Å². The molecule has 0 saturated carbocycles. The Hall–Kier alpha value is -3.89. The summed E-state index contributed by atoms with van der Waals surface area (Å²) in [6.07, 6.45) is 0.470. The van der Waals surface area contributed by atoms with Gasteiger partial charge in [-0.15, -0.1) is 11.3 Å². The molecule has 38 heavy (non-hydrogen) atoms. The fourth-order valence-electron chi connectivity index (χ4n) is 4.27. The summed E-state index contributed by atoms with van der Waals surface area (Å²) >= 11 is 1.34. The second-order valence-corrected chi connectivity index (χ2v) is 9.49. The second kappa shape index (κ2) is 12.6. The van der Waals surface area contributed by atoms with E-state index in [1.807, 2.05) is 47.8 Å². The maximum Gasteiger partial charge on any atom is 0.264 e. The molecule has 0 N–H and O–H groups in total. The standard InChI is InChI=1S/C28H31N3O6S/c1-34-14-13-30(28(33)26-6-5-15-38-26)18-27(32)31-24(19-7-9-20(35-2)10-8-19)17-23(29-31)22-12-11-21(36-3)16-25(22)37-4/h5-12,15-16,24H,13-14,17-18H2,1-4H3/t24-/m1/s1. The lowest BCUT2D eigenvalue weighted by atomic mass is 9.97. The van der Waals surface area contributed by atoms with Crippen molar-refractivity contribution < 1.29 is 28.5 Å². The fourth-order valence-corrected chi connectivity index (χ4v) is 4.96. The van der Waals surface area contributed by atoms with Gasteiger partial charge in [0, 0.05) is 31.7 Å². The molecule has 4 rings (SSSR count). The second-order valence-electron chi connectivity index (χ2n) is 8.54. The Bertz CT molecular complexity index is 1280. The van der Waals surface area contributed by atoms with Gasteiger partial charge in [0.15, 0.2) is 0 Å². The molecule has 1 aliphatic heterocycles. The van der Waals surface area contributed by atoms with Gasteiger partial charge in [-0.1, -0.05) is 18.2 Å². The van der Waals surface area contributed by atoms with Gasteiger partial charge in [-0.05, 0) is 41.3 Å². The number of thiophene rings is 1. The molecule has 0 aliphatic carbocycles. The van der Waals surface area contributed by atoms with Crippen LogP contribution in [0.4, 0.5) is 0 Å². The van der Waals surface area contributed by atoms with Crippen molar-refractivity contribution in [1.82, 2.24) is 9.91 Å². The first-order valence-electron chi connectivity index (χ1n) is 12.1. The largest absolute Gasteiger partial charge is 0.497 e. The Balaban J connectivity index is 1.67. The molecule has 0 bridgehead atoms. The molecule has 2 heterocycles. The zero-order chi connectivity index (χ0) is 27.1. The minimum atomic E-state index is -0.365. The smallest absolute Gasteiger partial charge is 0.264 e. The van der Waals surface area contributed by atoms with Crippen molar-refractivity contribution in [2.24, 2.45) is 5.10 Å². The third-order valence-electron chi connectivity index (χ3n) is 6.30. The van der Waals surface area contributed by atoms with Crippen molar-refractivity contribution >= 4 is 28.9 Å². The van der Waals surface area contributed by atoms with Gasteiger partial charge in [0.1, 0.15) is 23.8 Å². The van der Waals surface area contributed by atoms with Crippen LogP contribution in [0.25, 0.3) is 0 Å². The molecule has 0 fully saturated rings. The van der Waals surface area contributed by atoms with Crippen molar-refractivity contribution in [3.05, 3.63) is 76.0 Å². The third kappa shape index (κ3) is 5.98. The number of carbonyl (C=O) groups excluding carboxylic acids is 2. The van der Waals surface area contributed by atoms with E-state index in [-0.39, 0.29) is 30.9 Å². The number of carbonyl (C=O) groups is 2. The Morgan fingerprint density at radius 1 is 1.00 bits per heavy atom. The van der Waals surface area contributed by atoms with Crippen molar-refractivity contribution in [1.29, 1.82) is 0 Å². The lowest BCUT2D eigenvalue weighted by Crippen LogP contribution is -2.42. The minimum Gasteiger partial charge on any atom is -0.497 e. The summed E-state index contributed by atoms with van der Waals surface area (Å²) < 4.78 is 21.4. The number of nitrogens with zero attached hydrogens (tertiary/aromatic N) is 3. The van der Waals surface area contributed by atoms with Crippen molar-refractivity contribution in [2.45, 2.75) is 12.5 Å². The van der Waals surface area contributed by atoms with Gasteiger partial charge in [-0.2, -0.15) is 5.10 Å². The first-order chi connectivity index (χ1) is 18.5. The first-order valence-corrected chi connectivity index (χ1v) is 12.9. The predicted octanol–water partition coefficient (Wildman–Crippen LogP) is 4.24. The lowest BCUT2D eigenvalue weighted by Gasteiger charge is -2.26. The van der Waals surface area contributed by atoms with Gasteiger partial charge in [-0.3, -0.25) is 9.59 Å². The molecule has 1 aromatic heterocycles. The number of hydrazone groups is 1. The molecule has 10 heteroatoms. The van der Waals surface area contributed by atoms with Crippen LogP contribution in [0.1, 0.15) is 33.3 Å². The molecular formula is C28H31N3O6S. The normalized spacial score (nSPS) is 14.7. The Labute approximate surface area is 226 Å². The molecule has 1 aliphatic rings. The molecule has 2 amide bonds. The number of methoxy groups -OCH3 is 4. The van der Waals surface area contributed by atoms with Crippen LogP contribution in [0, 0.1) is 0 Å². The van der Waals surface area contributed by atoms with E-state index in [1.165, 1.54) is 21.2 Å². The molecular weight excluding hydrogens is 506 g/mol. The SMILES string of the molecule is COCCN(CC(=O)N1N=C(c2ccc(OC)cc2OC)C[C@@H]1c1ccc(OC)cc1)C(=O)c1cccs1. The van der Waals surface area contributed by atoms with Gasteiger partial charge < -0.3 is 23.8 Å². The molecule has 9 nitrogen and oxygen atoms in total. The minimum absolute atomic E-state index is 0.136. The quantitative estimate of drug-likeness (QED) is 0.364. The summed E-state index contributed by atoms with van der Waals surface area (Å²) in [5, 5.41) is 8.07. The third-order valence-corrected chi connectivity index (χ3v) is 7.15. The molecule has 1 atom stereocenters. The van der Waals surface area contributed by atoms with Gasteiger partial charge in [0.2, 0.25) is 0 Å². The van der Waals surface area contributed by atoms with E-state index >= 15 is 0 Å². The van der Waals surface area contributed by atoms with Gasteiger partial charge in [-0.25, -0.2) is 5.01 Å². The highest BCUT2D eigenvalue weighted by molar-refractivity contribution is 7.12. The van der Waals surface area contributed by atoms with Crippen molar-refractivity contribution in [2.75, 3.05) is 48.1 Å². The van der Waals surface area contributed by atoms with E-state index in [1.54, 1.807) is 40.6 Å². The maximum atomic E-state index is 13.7. The Morgan fingerprint density at radius 2 is 1.74 bits per heavy atom. The summed E-state index contributed by atoms with van der Waals surface area (Å²) in [6, 6.07) is 16.3. The van der Waals surface area contributed by atoms with E-state index in [9.17, 15) is 9.59 Å². The average molecular weight is 538 g/mol. The summed E-state index contributed by atoms with van der Waals surface area (Å²) in [5.41, 5.74) is 2.37. The van der Waals surface area contributed by atoms with Gasteiger partial charge in [0.05, 0.1) is 44.6 Å². The van der Waals surface area contributed by atoms with Crippen LogP contribution >= 0.6 is 11.3 Å². The van der Waals surface area contributed by atoms with Crippen LogP contribution in [0.15, 0.2) is 65.1 Å². The van der Waals surface area contributed by atoms with Crippen LogP contribution in [-0.4, -0.2) is 75.6 Å². The van der Waals surface area contributed by atoms with Gasteiger partial charge >= 0.3 is 0 Å². The first kappa shape index (κ1) is 27.2. The topological polar surface area (TPSA) is 89.9 Å². The van der Waals surface area contributed by atoms with E-state index in [0.717, 1.165) is 16.9 Å². The molecule has 0 radical (unpaired) electrons. The molecule has 0 saturated heterocycles. The van der Waals surface area contributed by atoms with E-state index in [4.69, 9.17) is 24.0 Å². The predicted molar refractivity (Wildman–Crippen MR) is 145 cm³/mol. The molecule has 3 aromatic rings. The highest BCUT2D eigenvalue weighted by Crippen LogP contribution is 2.36. The summed E-state index contributed by atoms with van der Waals surface area (Å²) in [5.74, 6) is 1.46. The van der Waals surface area contributed by atoms with Gasteiger partial charge in [0.25, 0.3) is 11.8 Å². The van der Waals surface area contributed by atoms with Crippen LogP contribution in [0.3, 0.4) is 0 Å². The number of rotatable bonds is 11. The Morgan fingerprint density at radius 3 is 2.37 bits per heavy atom. The van der Waals surface area contributed by atoms with Crippen LogP contribution < -0.4 is 14.2 Å². The monoisotopic (exact) mass is 537 g/mol. The fraction of sp³-hybridized carbons (Fsp3) is 0.321. The molecule has 2 aromatic carbocycles. The average Bonchev–Trinajstić information content (AvgIpc) is 3.65. The molecule has 200 valence electrons. The number of ether oxygens (including phenoxy) is 4. The van der Waals surface area contributed by atoms with Crippen LogP contribution in [-0.2, 0) is 9.53 Å². The van der Waals surface area contributed by atoms with E-state index in [2.05, 4.69) is 0 Å². The zero-order valence-electron chi connectivity index (χ0n) is 21.9. The van der Waals surface area contributed by atoms with Crippen molar-refractivity contribution in [3.8, 4) is 17.2 Å². The summed E-state index contributed by atoms with van der Waals surface area (Å²) in [7, 11) is 6.35.